The molecule has 0 saturated carbocycles. The molecule has 26 heavy (non-hydrogen) atoms. The Kier molecular flexibility index (Phi) is 7.29. The van der Waals surface area contributed by atoms with Crippen molar-refractivity contribution in [1.82, 2.24) is 5.32 Å². The van der Waals surface area contributed by atoms with E-state index >= 15 is 0 Å². The van der Waals surface area contributed by atoms with Gasteiger partial charge in [-0.05, 0) is 49.2 Å². The fraction of sp³-hybridized carbons (Fsp3) is 0.316. The number of benzene rings is 2. The number of aliphatic hydroxyl groups excluding tert-OH is 1. The minimum atomic E-state index is -0.293. The van der Waals surface area contributed by atoms with Crippen molar-refractivity contribution in [2.24, 2.45) is 0 Å². The van der Waals surface area contributed by atoms with Gasteiger partial charge in [-0.3, -0.25) is 0 Å². The Morgan fingerprint density at radius 2 is 2.04 bits per heavy atom. The zero-order valence-electron chi connectivity index (χ0n) is 15.0. The molecule has 0 saturated heterocycles. The molecule has 1 unspecified atom stereocenters. The Labute approximate surface area is 161 Å². The molecule has 3 N–H and O–H groups in total. The third kappa shape index (κ3) is 5.12. The first-order valence-corrected chi connectivity index (χ1v) is 8.99. The van der Waals surface area contributed by atoms with E-state index in [1.54, 1.807) is 13.2 Å². The van der Waals surface area contributed by atoms with Crippen LogP contribution in [0.4, 0.5) is 10.5 Å². The normalized spacial score (nSPS) is 11.6. The predicted octanol–water partition coefficient (Wildman–Crippen LogP) is 4.02. The average molecular weight is 423 g/mol. The van der Waals surface area contributed by atoms with E-state index in [1.165, 1.54) is 0 Å². The molecule has 1 atom stereocenters. The first-order valence-electron chi connectivity index (χ1n) is 8.20. The lowest BCUT2D eigenvalue weighted by atomic mass is 10.1. The standard InChI is InChI=1S/C19H23BrN2O4/c1-12-15(20)5-4-6-16(12)22-19(24)21-13(2)14-7-8-17(26-10-9-23)18(11-14)25-3/h4-8,11,13,23H,9-10H2,1-3H3,(H2,21,22,24). The van der Waals surface area contributed by atoms with Crippen LogP contribution in [0.2, 0.25) is 0 Å². The van der Waals surface area contributed by atoms with Crippen LogP contribution in [0, 0.1) is 6.92 Å². The number of rotatable bonds is 7. The number of amides is 2. The number of carbonyl (C=O) groups excluding carboxylic acids is 1. The second-order valence-corrected chi connectivity index (χ2v) is 6.57. The fourth-order valence-electron chi connectivity index (χ4n) is 2.41. The molecule has 2 rings (SSSR count). The molecular weight excluding hydrogens is 400 g/mol. The number of carbonyl (C=O) groups is 1. The fourth-order valence-corrected chi connectivity index (χ4v) is 2.78. The van der Waals surface area contributed by atoms with Crippen molar-refractivity contribution in [3.8, 4) is 11.5 Å². The van der Waals surface area contributed by atoms with Crippen LogP contribution in [0.15, 0.2) is 40.9 Å². The quantitative estimate of drug-likeness (QED) is 0.629. The molecule has 0 heterocycles. The van der Waals surface area contributed by atoms with Gasteiger partial charge >= 0.3 is 6.03 Å². The summed E-state index contributed by atoms with van der Waals surface area (Å²) in [6.07, 6.45) is 0. The van der Waals surface area contributed by atoms with Crippen LogP contribution in [0.25, 0.3) is 0 Å². The van der Waals surface area contributed by atoms with Crippen molar-refractivity contribution in [3.63, 3.8) is 0 Å². The molecule has 0 bridgehead atoms. The molecule has 0 aliphatic rings. The maximum absolute atomic E-state index is 12.3. The second kappa shape index (κ2) is 9.45. The highest BCUT2D eigenvalue weighted by molar-refractivity contribution is 9.10. The van der Waals surface area contributed by atoms with E-state index in [4.69, 9.17) is 14.6 Å². The van der Waals surface area contributed by atoms with E-state index in [2.05, 4.69) is 26.6 Å². The van der Waals surface area contributed by atoms with Crippen LogP contribution >= 0.6 is 15.9 Å². The van der Waals surface area contributed by atoms with Crippen molar-refractivity contribution < 1.29 is 19.4 Å². The minimum absolute atomic E-state index is 0.0714. The first-order chi connectivity index (χ1) is 12.5. The largest absolute Gasteiger partial charge is 0.493 e. The van der Waals surface area contributed by atoms with Gasteiger partial charge in [0.2, 0.25) is 0 Å². The maximum atomic E-state index is 12.3. The third-order valence-electron chi connectivity index (χ3n) is 3.90. The summed E-state index contributed by atoms with van der Waals surface area (Å²) in [7, 11) is 1.55. The van der Waals surface area contributed by atoms with Gasteiger partial charge in [-0.25, -0.2) is 4.79 Å². The molecule has 2 amide bonds. The summed E-state index contributed by atoms with van der Waals surface area (Å²) in [6.45, 7) is 3.94. The van der Waals surface area contributed by atoms with Crippen LogP contribution < -0.4 is 20.1 Å². The van der Waals surface area contributed by atoms with Crippen molar-refractivity contribution in [2.75, 3.05) is 25.6 Å². The van der Waals surface area contributed by atoms with Crippen molar-refractivity contribution in [2.45, 2.75) is 19.9 Å². The number of anilines is 1. The minimum Gasteiger partial charge on any atom is -0.493 e. The van der Waals surface area contributed by atoms with Crippen LogP contribution in [0.1, 0.15) is 24.1 Å². The molecule has 2 aromatic carbocycles. The molecule has 0 spiro atoms. The van der Waals surface area contributed by atoms with Crippen molar-refractivity contribution >= 4 is 27.6 Å². The summed E-state index contributed by atoms with van der Waals surface area (Å²) in [5.74, 6) is 1.10. The molecule has 0 fully saturated rings. The number of hydrogen-bond donors (Lipinski definition) is 3. The number of ether oxygens (including phenoxy) is 2. The highest BCUT2D eigenvalue weighted by Gasteiger charge is 2.14. The summed E-state index contributed by atoms with van der Waals surface area (Å²) in [4.78, 5) is 12.3. The number of hydrogen-bond acceptors (Lipinski definition) is 4. The zero-order valence-corrected chi connectivity index (χ0v) is 16.6. The van der Waals surface area contributed by atoms with E-state index < -0.39 is 0 Å². The van der Waals surface area contributed by atoms with Gasteiger partial charge in [0.1, 0.15) is 6.61 Å². The molecule has 0 aromatic heterocycles. The summed E-state index contributed by atoms with van der Waals surface area (Å²) in [5.41, 5.74) is 2.58. The topological polar surface area (TPSA) is 79.8 Å². The first kappa shape index (κ1) is 20.1. The van der Waals surface area contributed by atoms with Gasteiger partial charge in [-0.2, -0.15) is 0 Å². The SMILES string of the molecule is COc1cc(C(C)NC(=O)Nc2cccc(Br)c2C)ccc1OCCO. The number of halogens is 1. The van der Waals surface area contributed by atoms with Crippen molar-refractivity contribution in [3.05, 3.63) is 52.0 Å². The van der Waals surface area contributed by atoms with Gasteiger partial charge in [0.05, 0.1) is 19.8 Å². The maximum Gasteiger partial charge on any atom is 0.319 e. The molecule has 6 nitrogen and oxygen atoms in total. The average Bonchev–Trinajstić information content (AvgIpc) is 2.63. The third-order valence-corrected chi connectivity index (χ3v) is 4.76. The van der Waals surface area contributed by atoms with E-state index in [-0.39, 0.29) is 25.3 Å². The number of aliphatic hydroxyl groups is 1. The summed E-state index contributed by atoms with van der Waals surface area (Å²) < 4.78 is 11.7. The number of urea groups is 1. The van der Waals surface area contributed by atoms with Gasteiger partial charge in [-0.15, -0.1) is 0 Å². The van der Waals surface area contributed by atoms with Gasteiger partial charge in [0.15, 0.2) is 11.5 Å². The molecule has 0 aliphatic heterocycles. The summed E-state index contributed by atoms with van der Waals surface area (Å²) >= 11 is 3.45. The lowest BCUT2D eigenvalue weighted by molar-refractivity contribution is 0.196. The molecule has 7 heteroatoms. The highest BCUT2D eigenvalue weighted by atomic mass is 79.9. The van der Waals surface area contributed by atoms with Gasteiger partial charge in [-0.1, -0.05) is 28.1 Å². The lowest BCUT2D eigenvalue weighted by Crippen LogP contribution is -2.31. The van der Waals surface area contributed by atoms with Gasteiger partial charge < -0.3 is 25.2 Å². The summed E-state index contributed by atoms with van der Waals surface area (Å²) in [6, 6.07) is 10.5. The Hall–Kier alpha value is -2.25. The van der Waals surface area contributed by atoms with E-state index in [0.717, 1.165) is 21.3 Å². The monoisotopic (exact) mass is 422 g/mol. The highest BCUT2D eigenvalue weighted by Crippen LogP contribution is 2.30. The van der Waals surface area contributed by atoms with Crippen LogP contribution in [0.3, 0.4) is 0 Å². The van der Waals surface area contributed by atoms with E-state index in [0.29, 0.717) is 11.5 Å². The van der Waals surface area contributed by atoms with Crippen molar-refractivity contribution in [1.29, 1.82) is 0 Å². The Balaban J connectivity index is 2.05. The second-order valence-electron chi connectivity index (χ2n) is 5.71. The molecular formula is C19H23BrN2O4. The Morgan fingerprint density at radius 1 is 1.27 bits per heavy atom. The van der Waals surface area contributed by atoms with Gasteiger partial charge in [0, 0.05) is 10.2 Å². The number of methoxy groups -OCH3 is 1. The zero-order chi connectivity index (χ0) is 19.1. The molecule has 2 aromatic rings. The van der Waals surface area contributed by atoms with Crippen LogP contribution in [0.5, 0.6) is 11.5 Å². The molecule has 140 valence electrons. The Bertz CT molecular complexity index is 767. The van der Waals surface area contributed by atoms with E-state index in [1.807, 2.05) is 44.2 Å². The lowest BCUT2D eigenvalue weighted by Gasteiger charge is -2.18. The molecule has 0 aliphatic carbocycles. The predicted molar refractivity (Wildman–Crippen MR) is 105 cm³/mol. The smallest absolute Gasteiger partial charge is 0.319 e. The molecule has 0 radical (unpaired) electrons. The number of nitrogens with one attached hydrogen (secondary N) is 2. The van der Waals surface area contributed by atoms with E-state index in [9.17, 15) is 4.79 Å². The van der Waals surface area contributed by atoms with Crippen LogP contribution in [-0.2, 0) is 0 Å². The Morgan fingerprint density at radius 3 is 2.73 bits per heavy atom. The van der Waals surface area contributed by atoms with Gasteiger partial charge in [0.25, 0.3) is 0 Å². The summed E-state index contributed by atoms with van der Waals surface area (Å²) in [5, 5.41) is 14.6. The van der Waals surface area contributed by atoms with Crippen LogP contribution in [-0.4, -0.2) is 31.5 Å².